The molecule has 2 fully saturated rings. The van der Waals surface area contributed by atoms with Gasteiger partial charge in [0.1, 0.15) is 11.5 Å². The van der Waals surface area contributed by atoms with E-state index < -0.39 is 5.60 Å². The lowest BCUT2D eigenvalue weighted by molar-refractivity contribution is -0.122. The second kappa shape index (κ2) is 9.23. The zero-order chi connectivity index (χ0) is 21.0. The largest absolute Gasteiger partial charge is 0.497 e. The van der Waals surface area contributed by atoms with Crippen LogP contribution in [0.4, 0.5) is 0 Å². The minimum Gasteiger partial charge on any atom is -0.497 e. The summed E-state index contributed by atoms with van der Waals surface area (Å²) in [7, 11) is 3.39. The number of aliphatic hydroxyl groups is 1. The fraction of sp³-hybridized carbons (Fsp3) is 0.462. The quantitative estimate of drug-likeness (QED) is 0.725. The fourth-order valence-corrected chi connectivity index (χ4v) is 5.31. The maximum absolute atomic E-state index is 11.5. The third-order valence-electron chi connectivity index (χ3n) is 6.88. The van der Waals surface area contributed by atoms with Gasteiger partial charge in [0.15, 0.2) is 0 Å². The molecule has 4 heteroatoms. The van der Waals surface area contributed by atoms with Crippen LogP contribution in [0.1, 0.15) is 49.3 Å². The molecule has 4 rings (SSSR count). The molecule has 0 bridgehead atoms. The van der Waals surface area contributed by atoms with Crippen molar-refractivity contribution in [3.8, 4) is 11.5 Å². The number of hydrogen-bond acceptors (Lipinski definition) is 4. The van der Waals surface area contributed by atoms with Gasteiger partial charge in [0.2, 0.25) is 0 Å². The summed E-state index contributed by atoms with van der Waals surface area (Å²) in [5.74, 6) is 1.85. The van der Waals surface area contributed by atoms with Gasteiger partial charge in [-0.25, -0.2) is 0 Å². The Morgan fingerprint density at radius 2 is 1.90 bits per heavy atom. The van der Waals surface area contributed by atoms with Gasteiger partial charge in [-0.3, -0.25) is 4.90 Å². The van der Waals surface area contributed by atoms with Crippen molar-refractivity contribution in [1.82, 2.24) is 4.90 Å². The second-order valence-corrected chi connectivity index (χ2v) is 8.57. The molecule has 2 aromatic carbocycles. The van der Waals surface area contributed by atoms with E-state index in [9.17, 15) is 5.11 Å². The summed E-state index contributed by atoms with van der Waals surface area (Å²) in [4.78, 5) is 2.51. The van der Waals surface area contributed by atoms with Crippen LogP contribution < -0.4 is 9.47 Å². The number of ether oxygens (including phenoxy) is 2. The minimum atomic E-state index is -0.576. The van der Waals surface area contributed by atoms with Crippen LogP contribution in [-0.2, 0) is 0 Å². The molecule has 1 saturated carbocycles. The molecule has 0 unspecified atom stereocenters. The standard InChI is InChI=1S/C26H33NO3/c1-29-21-13-14-22(24(19-21)30-2)25-23-12-6-7-15-26(23,28)16-18-27(25)17-8-11-20-9-4-3-5-10-20/h3-5,8-11,13-14,19,23,25,28H,6-7,12,15-18H2,1-2H3/b11-8+/t23-,25+,26-/m1/s1. The number of benzene rings is 2. The summed E-state index contributed by atoms with van der Waals surface area (Å²) in [5.41, 5.74) is 1.78. The van der Waals surface area contributed by atoms with E-state index in [1.807, 2.05) is 18.2 Å². The Morgan fingerprint density at radius 3 is 2.67 bits per heavy atom. The van der Waals surface area contributed by atoms with Gasteiger partial charge in [-0.05, 0) is 30.9 Å². The minimum absolute atomic E-state index is 0.130. The highest BCUT2D eigenvalue weighted by molar-refractivity contribution is 5.49. The summed E-state index contributed by atoms with van der Waals surface area (Å²) >= 11 is 0. The molecule has 1 heterocycles. The lowest BCUT2D eigenvalue weighted by Gasteiger charge is -2.52. The van der Waals surface area contributed by atoms with E-state index in [0.717, 1.165) is 55.8 Å². The molecule has 30 heavy (non-hydrogen) atoms. The summed E-state index contributed by atoms with van der Waals surface area (Å²) in [6.45, 7) is 1.73. The van der Waals surface area contributed by atoms with Crippen LogP contribution in [0.5, 0.6) is 11.5 Å². The van der Waals surface area contributed by atoms with Crippen LogP contribution in [0.3, 0.4) is 0 Å². The van der Waals surface area contributed by atoms with Crippen molar-refractivity contribution in [1.29, 1.82) is 0 Å². The molecule has 0 spiro atoms. The van der Waals surface area contributed by atoms with Crippen molar-refractivity contribution >= 4 is 6.08 Å². The van der Waals surface area contributed by atoms with Gasteiger partial charge in [-0.2, -0.15) is 0 Å². The monoisotopic (exact) mass is 407 g/mol. The first-order valence-corrected chi connectivity index (χ1v) is 11.0. The normalized spacial score (nSPS) is 27.0. The number of hydrogen-bond donors (Lipinski definition) is 1. The van der Waals surface area contributed by atoms with Crippen LogP contribution in [0.15, 0.2) is 54.6 Å². The first-order valence-electron chi connectivity index (χ1n) is 11.0. The lowest BCUT2D eigenvalue weighted by atomic mass is 9.66. The molecule has 1 saturated heterocycles. The first-order chi connectivity index (χ1) is 14.6. The molecule has 1 aliphatic heterocycles. The van der Waals surface area contributed by atoms with E-state index >= 15 is 0 Å². The first kappa shape index (κ1) is 21.0. The summed E-state index contributed by atoms with van der Waals surface area (Å²) in [6, 6.07) is 16.6. The average molecular weight is 408 g/mol. The molecule has 160 valence electrons. The van der Waals surface area contributed by atoms with Crippen molar-refractivity contribution in [2.75, 3.05) is 27.3 Å². The van der Waals surface area contributed by atoms with E-state index in [4.69, 9.17) is 9.47 Å². The van der Waals surface area contributed by atoms with E-state index in [0.29, 0.717) is 0 Å². The maximum atomic E-state index is 11.5. The van der Waals surface area contributed by atoms with Crippen LogP contribution in [0.25, 0.3) is 6.08 Å². The molecular weight excluding hydrogens is 374 g/mol. The Morgan fingerprint density at radius 1 is 1.07 bits per heavy atom. The third kappa shape index (κ3) is 4.26. The molecule has 3 atom stereocenters. The van der Waals surface area contributed by atoms with Crippen molar-refractivity contribution < 1.29 is 14.6 Å². The number of piperidine rings is 1. The Hall–Kier alpha value is -2.30. The molecule has 1 N–H and O–H groups in total. The Labute approximate surface area is 180 Å². The molecule has 0 aromatic heterocycles. The highest BCUT2D eigenvalue weighted by Gasteiger charge is 2.49. The van der Waals surface area contributed by atoms with Crippen molar-refractivity contribution in [2.45, 2.75) is 43.7 Å². The van der Waals surface area contributed by atoms with Gasteiger partial charge in [0, 0.05) is 36.7 Å². The predicted molar refractivity (Wildman–Crippen MR) is 121 cm³/mol. The molecular formula is C26H33NO3. The van der Waals surface area contributed by atoms with Crippen LogP contribution >= 0.6 is 0 Å². The van der Waals surface area contributed by atoms with Crippen LogP contribution in [0, 0.1) is 5.92 Å². The van der Waals surface area contributed by atoms with E-state index in [1.54, 1.807) is 14.2 Å². The molecule has 0 amide bonds. The van der Waals surface area contributed by atoms with Gasteiger partial charge in [-0.15, -0.1) is 0 Å². The fourth-order valence-electron chi connectivity index (χ4n) is 5.31. The molecule has 4 nitrogen and oxygen atoms in total. The summed E-state index contributed by atoms with van der Waals surface area (Å²) in [6.07, 6.45) is 9.51. The molecule has 2 aliphatic rings. The van der Waals surface area contributed by atoms with Gasteiger partial charge >= 0.3 is 0 Å². The van der Waals surface area contributed by atoms with Crippen LogP contribution in [0.2, 0.25) is 0 Å². The van der Waals surface area contributed by atoms with E-state index in [1.165, 1.54) is 12.0 Å². The topological polar surface area (TPSA) is 41.9 Å². The number of rotatable bonds is 6. The van der Waals surface area contributed by atoms with Gasteiger partial charge < -0.3 is 14.6 Å². The van der Waals surface area contributed by atoms with Gasteiger partial charge in [0.05, 0.1) is 19.8 Å². The van der Waals surface area contributed by atoms with E-state index in [-0.39, 0.29) is 12.0 Å². The Bertz CT molecular complexity index is 866. The molecule has 1 aliphatic carbocycles. The number of nitrogens with zero attached hydrogens (tertiary/aromatic N) is 1. The average Bonchev–Trinajstić information content (AvgIpc) is 2.79. The van der Waals surface area contributed by atoms with Crippen LogP contribution in [-0.4, -0.2) is 42.9 Å². The SMILES string of the molecule is COc1ccc([C@H]2[C@H]3CCCC[C@@]3(O)CCN2C/C=C/c2ccccc2)c(OC)c1. The zero-order valence-corrected chi connectivity index (χ0v) is 18.1. The molecule has 0 radical (unpaired) electrons. The summed E-state index contributed by atoms with van der Waals surface area (Å²) < 4.78 is 11.2. The number of likely N-dealkylation sites (tertiary alicyclic amines) is 1. The maximum Gasteiger partial charge on any atom is 0.127 e. The Balaban J connectivity index is 1.66. The van der Waals surface area contributed by atoms with Gasteiger partial charge in [0.25, 0.3) is 0 Å². The highest BCUT2D eigenvalue weighted by atomic mass is 16.5. The second-order valence-electron chi connectivity index (χ2n) is 8.57. The van der Waals surface area contributed by atoms with Gasteiger partial charge in [-0.1, -0.05) is 61.4 Å². The van der Waals surface area contributed by atoms with Crippen molar-refractivity contribution in [3.63, 3.8) is 0 Å². The molecule has 2 aromatic rings. The third-order valence-corrected chi connectivity index (χ3v) is 6.88. The Kier molecular flexibility index (Phi) is 6.45. The lowest BCUT2D eigenvalue weighted by Crippen LogP contribution is -2.54. The van der Waals surface area contributed by atoms with E-state index in [2.05, 4.69) is 47.4 Å². The number of fused-ring (bicyclic) bond motifs is 1. The predicted octanol–water partition coefficient (Wildman–Crippen LogP) is 5.09. The van der Waals surface area contributed by atoms with Crippen molar-refractivity contribution in [2.24, 2.45) is 5.92 Å². The summed E-state index contributed by atoms with van der Waals surface area (Å²) in [5, 5.41) is 11.5. The zero-order valence-electron chi connectivity index (χ0n) is 18.1. The number of methoxy groups -OCH3 is 2. The van der Waals surface area contributed by atoms with Crippen molar-refractivity contribution in [3.05, 3.63) is 65.7 Å². The highest BCUT2D eigenvalue weighted by Crippen LogP contribution is 2.51. The smallest absolute Gasteiger partial charge is 0.127 e.